The standard InChI is InChI=1S/C15H22FNO/c1-18-15-5-3-2-4-14(15)17-11-10-12-6-8-13(16)9-7-12/h6-9,14-15,17H,2-5,10-11H2,1H3/p+1/t14-,15+/m1/s1. The van der Waals surface area contributed by atoms with Crippen molar-refractivity contribution in [3.63, 3.8) is 0 Å². The first-order valence-corrected chi connectivity index (χ1v) is 6.90. The number of benzene rings is 1. The zero-order valence-corrected chi connectivity index (χ0v) is 11.1. The van der Waals surface area contributed by atoms with Crippen molar-refractivity contribution < 1.29 is 14.4 Å². The van der Waals surface area contributed by atoms with Gasteiger partial charge in [0.1, 0.15) is 18.0 Å². The smallest absolute Gasteiger partial charge is 0.123 e. The normalized spacial score (nSPS) is 24.1. The van der Waals surface area contributed by atoms with Crippen molar-refractivity contribution in [3.8, 4) is 0 Å². The maximum Gasteiger partial charge on any atom is 0.123 e. The summed E-state index contributed by atoms with van der Waals surface area (Å²) in [6.07, 6.45) is 6.45. The fourth-order valence-electron chi connectivity index (χ4n) is 2.80. The maximum atomic E-state index is 12.8. The Morgan fingerprint density at radius 1 is 1.22 bits per heavy atom. The molecule has 2 rings (SSSR count). The van der Waals surface area contributed by atoms with Gasteiger partial charge in [0.25, 0.3) is 0 Å². The van der Waals surface area contributed by atoms with E-state index < -0.39 is 0 Å². The minimum atomic E-state index is -0.158. The summed E-state index contributed by atoms with van der Waals surface area (Å²) in [7, 11) is 1.82. The molecule has 0 amide bonds. The third-order valence-corrected chi connectivity index (χ3v) is 3.87. The lowest BCUT2D eigenvalue weighted by molar-refractivity contribution is -0.698. The van der Waals surface area contributed by atoms with E-state index >= 15 is 0 Å². The van der Waals surface area contributed by atoms with Crippen molar-refractivity contribution in [1.82, 2.24) is 0 Å². The van der Waals surface area contributed by atoms with Crippen molar-refractivity contribution in [2.75, 3.05) is 13.7 Å². The van der Waals surface area contributed by atoms with Crippen molar-refractivity contribution in [1.29, 1.82) is 0 Å². The summed E-state index contributed by atoms with van der Waals surface area (Å²) in [5, 5.41) is 2.40. The lowest BCUT2D eigenvalue weighted by Crippen LogP contribution is -2.93. The molecule has 100 valence electrons. The van der Waals surface area contributed by atoms with Gasteiger partial charge in [-0.05, 0) is 30.5 Å². The number of rotatable bonds is 5. The molecule has 0 bridgehead atoms. The SMILES string of the molecule is CO[C@H]1CCCC[C@H]1[NH2+]CCc1ccc(F)cc1. The predicted octanol–water partition coefficient (Wildman–Crippen LogP) is 1.89. The van der Waals surface area contributed by atoms with Gasteiger partial charge in [-0.3, -0.25) is 0 Å². The van der Waals surface area contributed by atoms with E-state index in [4.69, 9.17) is 4.74 Å². The molecule has 0 saturated heterocycles. The number of methoxy groups -OCH3 is 1. The first-order chi connectivity index (χ1) is 8.79. The summed E-state index contributed by atoms with van der Waals surface area (Å²) in [4.78, 5) is 0. The van der Waals surface area contributed by atoms with E-state index in [1.165, 1.54) is 43.4 Å². The number of hydrogen-bond donors (Lipinski definition) is 1. The molecule has 1 fully saturated rings. The minimum absolute atomic E-state index is 0.158. The Morgan fingerprint density at radius 3 is 2.67 bits per heavy atom. The highest BCUT2D eigenvalue weighted by Gasteiger charge is 2.27. The Balaban J connectivity index is 1.75. The molecule has 0 aliphatic heterocycles. The summed E-state index contributed by atoms with van der Waals surface area (Å²) in [6, 6.07) is 7.42. The molecule has 18 heavy (non-hydrogen) atoms. The molecule has 1 aromatic rings. The quantitative estimate of drug-likeness (QED) is 0.851. The highest BCUT2D eigenvalue weighted by Crippen LogP contribution is 2.18. The van der Waals surface area contributed by atoms with Crippen LogP contribution in [0, 0.1) is 5.82 Å². The van der Waals surface area contributed by atoms with Gasteiger partial charge in [0, 0.05) is 20.0 Å². The Labute approximate surface area is 109 Å². The summed E-state index contributed by atoms with van der Waals surface area (Å²) in [5.41, 5.74) is 1.21. The van der Waals surface area contributed by atoms with Crippen molar-refractivity contribution in [2.24, 2.45) is 0 Å². The van der Waals surface area contributed by atoms with Gasteiger partial charge in [0.2, 0.25) is 0 Å². The Bertz CT molecular complexity index is 352. The van der Waals surface area contributed by atoms with Crippen LogP contribution >= 0.6 is 0 Å². The van der Waals surface area contributed by atoms with E-state index in [1.54, 1.807) is 0 Å². The van der Waals surface area contributed by atoms with E-state index in [-0.39, 0.29) is 5.82 Å². The Kier molecular flexibility index (Phi) is 5.14. The van der Waals surface area contributed by atoms with E-state index in [2.05, 4.69) is 5.32 Å². The van der Waals surface area contributed by atoms with Crippen LogP contribution in [0.1, 0.15) is 31.2 Å². The van der Waals surface area contributed by atoms with Crippen molar-refractivity contribution in [2.45, 2.75) is 44.2 Å². The van der Waals surface area contributed by atoms with Crippen LogP contribution in [0.5, 0.6) is 0 Å². The number of hydrogen-bond acceptors (Lipinski definition) is 1. The maximum absolute atomic E-state index is 12.8. The molecule has 0 spiro atoms. The fraction of sp³-hybridized carbons (Fsp3) is 0.600. The predicted molar refractivity (Wildman–Crippen MR) is 69.9 cm³/mol. The third kappa shape index (κ3) is 3.79. The molecule has 0 heterocycles. The molecule has 1 aliphatic rings. The lowest BCUT2D eigenvalue weighted by atomic mass is 9.92. The molecule has 3 heteroatoms. The van der Waals surface area contributed by atoms with Crippen LogP contribution in [0.15, 0.2) is 24.3 Å². The Hall–Kier alpha value is -0.930. The molecule has 1 aromatic carbocycles. The highest BCUT2D eigenvalue weighted by molar-refractivity contribution is 5.15. The van der Waals surface area contributed by atoms with Crippen LogP contribution in [0.2, 0.25) is 0 Å². The van der Waals surface area contributed by atoms with Crippen LogP contribution in [-0.4, -0.2) is 25.8 Å². The zero-order chi connectivity index (χ0) is 12.8. The molecule has 1 saturated carbocycles. The molecule has 1 aliphatic carbocycles. The molecule has 0 aromatic heterocycles. The molecular formula is C15H23FNO+. The van der Waals surface area contributed by atoms with Crippen LogP contribution in [0.25, 0.3) is 0 Å². The molecule has 2 N–H and O–H groups in total. The number of nitrogens with two attached hydrogens (primary N) is 1. The van der Waals surface area contributed by atoms with Crippen LogP contribution in [0.4, 0.5) is 4.39 Å². The zero-order valence-electron chi connectivity index (χ0n) is 11.1. The topological polar surface area (TPSA) is 25.8 Å². The second kappa shape index (κ2) is 6.86. The Morgan fingerprint density at radius 2 is 1.94 bits per heavy atom. The summed E-state index contributed by atoms with van der Waals surface area (Å²) >= 11 is 0. The lowest BCUT2D eigenvalue weighted by Gasteiger charge is -2.28. The largest absolute Gasteiger partial charge is 0.375 e. The van der Waals surface area contributed by atoms with Gasteiger partial charge in [-0.25, -0.2) is 4.39 Å². The second-order valence-electron chi connectivity index (χ2n) is 5.12. The van der Waals surface area contributed by atoms with Gasteiger partial charge >= 0.3 is 0 Å². The molecule has 0 radical (unpaired) electrons. The number of ether oxygens (including phenoxy) is 1. The number of quaternary nitrogens is 1. The van der Waals surface area contributed by atoms with Crippen molar-refractivity contribution in [3.05, 3.63) is 35.6 Å². The molecule has 2 nitrogen and oxygen atoms in total. The van der Waals surface area contributed by atoms with Crippen LogP contribution in [-0.2, 0) is 11.2 Å². The molecule has 0 unspecified atom stereocenters. The van der Waals surface area contributed by atoms with E-state index in [1.807, 2.05) is 19.2 Å². The van der Waals surface area contributed by atoms with Gasteiger partial charge in [-0.15, -0.1) is 0 Å². The first kappa shape index (κ1) is 13.5. The molecular weight excluding hydrogens is 229 g/mol. The van der Waals surface area contributed by atoms with Gasteiger partial charge in [0.15, 0.2) is 0 Å². The minimum Gasteiger partial charge on any atom is -0.375 e. The first-order valence-electron chi connectivity index (χ1n) is 6.90. The summed E-state index contributed by atoms with van der Waals surface area (Å²) < 4.78 is 18.3. The average Bonchev–Trinajstić information content (AvgIpc) is 2.41. The van der Waals surface area contributed by atoms with E-state index in [0.717, 1.165) is 13.0 Å². The van der Waals surface area contributed by atoms with Crippen LogP contribution in [0.3, 0.4) is 0 Å². The highest BCUT2D eigenvalue weighted by atomic mass is 19.1. The summed E-state index contributed by atoms with van der Waals surface area (Å²) in [6.45, 7) is 1.05. The number of halogens is 1. The third-order valence-electron chi connectivity index (χ3n) is 3.87. The monoisotopic (exact) mass is 252 g/mol. The van der Waals surface area contributed by atoms with Gasteiger partial charge in [-0.1, -0.05) is 18.6 Å². The average molecular weight is 252 g/mol. The van der Waals surface area contributed by atoms with E-state index in [9.17, 15) is 4.39 Å². The van der Waals surface area contributed by atoms with E-state index in [0.29, 0.717) is 12.1 Å². The summed E-state index contributed by atoms with van der Waals surface area (Å²) in [5.74, 6) is -0.158. The van der Waals surface area contributed by atoms with Crippen LogP contribution < -0.4 is 5.32 Å². The fourth-order valence-corrected chi connectivity index (χ4v) is 2.80. The van der Waals surface area contributed by atoms with Gasteiger partial charge in [0.05, 0.1) is 6.54 Å². The van der Waals surface area contributed by atoms with Crippen molar-refractivity contribution >= 4 is 0 Å². The second-order valence-corrected chi connectivity index (χ2v) is 5.12. The molecule has 2 atom stereocenters. The van der Waals surface area contributed by atoms with Gasteiger partial charge in [-0.2, -0.15) is 0 Å². The van der Waals surface area contributed by atoms with Gasteiger partial charge < -0.3 is 10.1 Å².